The van der Waals surface area contributed by atoms with Gasteiger partial charge in [-0.1, -0.05) is 0 Å². The zero-order valence-electron chi connectivity index (χ0n) is 12.4. The van der Waals surface area contributed by atoms with Gasteiger partial charge in [-0.2, -0.15) is 0 Å². The van der Waals surface area contributed by atoms with Gasteiger partial charge in [-0.3, -0.25) is 0 Å². The van der Waals surface area contributed by atoms with Crippen LogP contribution >= 0.6 is 0 Å². The van der Waals surface area contributed by atoms with E-state index in [2.05, 4.69) is 10.2 Å². The van der Waals surface area contributed by atoms with Crippen LogP contribution in [-0.4, -0.2) is 82.5 Å². The Morgan fingerprint density at radius 2 is 2.00 bits per heavy atom. The lowest BCUT2D eigenvalue weighted by molar-refractivity contribution is 0.0440. The summed E-state index contributed by atoms with van der Waals surface area (Å²) in [5.74, 6) is 0. The summed E-state index contributed by atoms with van der Waals surface area (Å²) in [6.07, 6.45) is 1.84. The standard InChI is InChI=1S/C13H27N3O3/c1-15(2)7-8-16(12-4-9-19-10-5-12)13(17)14-6-11-18-3/h12H,4-11H2,1-3H3,(H,14,17). The van der Waals surface area contributed by atoms with E-state index in [0.717, 1.165) is 39.1 Å². The minimum absolute atomic E-state index is 0.00537. The Balaban J connectivity index is 2.48. The summed E-state index contributed by atoms with van der Waals surface area (Å²) >= 11 is 0. The zero-order chi connectivity index (χ0) is 14.1. The fraction of sp³-hybridized carbons (Fsp3) is 0.923. The van der Waals surface area contributed by atoms with Crippen molar-refractivity contribution in [2.45, 2.75) is 18.9 Å². The maximum Gasteiger partial charge on any atom is 0.317 e. The van der Waals surface area contributed by atoms with Crippen molar-refractivity contribution < 1.29 is 14.3 Å². The predicted molar refractivity (Wildman–Crippen MR) is 74.4 cm³/mol. The number of rotatable bonds is 7. The molecule has 0 aliphatic carbocycles. The monoisotopic (exact) mass is 273 g/mol. The van der Waals surface area contributed by atoms with Gasteiger partial charge in [0.25, 0.3) is 0 Å². The molecule has 1 fully saturated rings. The van der Waals surface area contributed by atoms with Gasteiger partial charge in [-0.15, -0.1) is 0 Å². The van der Waals surface area contributed by atoms with Gasteiger partial charge in [0, 0.05) is 46.0 Å². The van der Waals surface area contributed by atoms with E-state index in [1.807, 2.05) is 19.0 Å². The predicted octanol–water partition coefficient (Wildman–Crippen LogP) is 0.385. The Labute approximate surface area is 116 Å². The highest BCUT2D eigenvalue weighted by Gasteiger charge is 2.25. The van der Waals surface area contributed by atoms with Gasteiger partial charge in [0.1, 0.15) is 0 Å². The van der Waals surface area contributed by atoms with Crippen molar-refractivity contribution in [3.63, 3.8) is 0 Å². The van der Waals surface area contributed by atoms with Gasteiger partial charge in [0.05, 0.1) is 6.61 Å². The normalized spacial score (nSPS) is 16.6. The summed E-state index contributed by atoms with van der Waals surface area (Å²) in [5, 5.41) is 2.91. The summed E-state index contributed by atoms with van der Waals surface area (Å²) in [6.45, 7) is 4.20. The SMILES string of the molecule is COCCNC(=O)N(CCN(C)C)C1CCOCC1. The Bertz CT molecular complexity index is 256. The molecule has 0 aromatic heterocycles. The van der Waals surface area contributed by atoms with Crippen molar-refractivity contribution in [2.75, 3.05) is 60.7 Å². The van der Waals surface area contributed by atoms with E-state index in [1.165, 1.54) is 0 Å². The van der Waals surface area contributed by atoms with Crippen LogP contribution in [0.3, 0.4) is 0 Å². The molecule has 1 N–H and O–H groups in total. The van der Waals surface area contributed by atoms with E-state index in [-0.39, 0.29) is 12.1 Å². The van der Waals surface area contributed by atoms with Crippen LogP contribution in [0.5, 0.6) is 0 Å². The summed E-state index contributed by atoms with van der Waals surface area (Å²) in [6, 6.07) is 0.294. The number of hydrogen-bond acceptors (Lipinski definition) is 4. The molecule has 0 bridgehead atoms. The number of urea groups is 1. The largest absolute Gasteiger partial charge is 0.383 e. The highest BCUT2D eigenvalue weighted by molar-refractivity contribution is 5.74. The van der Waals surface area contributed by atoms with Gasteiger partial charge in [0.2, 0.25) is 0 Å². The number of methoxy groups -OCH3 is 1. The smallest absolute Gasteiger partial charge is 0.317 e. The average molecular weight is 273 g/mol. The topological polar surface area (TPSA) is 54.0 Å². The van der Waals surface area contributed by atoms with Crippen molar-refractivity contribution in [1.29, 1.82) is 0 Å². The van der Waals surface area contributed by atoms with Crippen molar-refractivity contribution in [3.05, 3.63) is 0 Å². The van der Waals surface area contributed by atoms with E-state index >= 15 is 0 Å². The van der Waals surface area contributed by atoms with E-state index in [9.17, 15) is 4.79 Å². The molecule has 1 heterocycles. The molecule has 0 aromatic rings. The van der Waals surface area contributed by atoms with Gasteiger partial charge >= 0.3 is 6.03 Å². The molecule has 1 aliphatic heterocycles. The van der Waals surface area contributed by atoms with Gasteiger partial charge in [-0.05, 0) is 26.9 Å². The summed E-state index contributed by atoms with van der Waals surface area (Å²) < 4.78 is 10.3. The maximum atomic E-state index is 12.2. The number of hydrogen-bond donors (Lipinski definition) is 1. The molecule has 2 amide bonds. The molecule has 1 saturated heterocycles. The molecule has 0 unspecified atom stereocenters. The fourth-order valence-electron chi connectivity index (χ4n) is 2.12. The Morgan fingerprint density at radius 1 is 1.32 bits per heavy atom. The van der Waals surface area contributed by atoms with Crippen molar-refractivity contribution in [3.8, 4) is 0 Å². The quantitative estimate of drug-likeness (QED) is 0.682. The molecule has 112 valence electrons. The molecule has 0 saturated carbocycles. The summed E-state index contributed by atoms with van der Waals surface area (Å²) in [4.78, 5) is 16.3. The third kappa shape index (κ3) is 6.22. The van der Waals surface area contributed by atoms with E-state index in [4.69, 9.17) is 9.47 Å². The van der Waals surface area contributed by atoms with Crippen LogP contribution in [0.15, 0.2) is 0 Å². The number of carbonyl (C=O) groups excluding carboxylic acids is 1. The van der Waals surface area contributed by atoms with Crippen LogP contribution in [0.1, 0.15) is 12.8 Å². The third-order valence-corrected chi connectivity index (χ3v) is 3.26. The molecule has 19 heavy (non-hydrogen) atoms. The fourth-order valence-corrected chi connectivity index (χ4v) is 2.12. The maximum absolute atomic E-state index is 12.2. The summed E-state index contributed by atoms with van der Waals surface area (Å²) in [5.41, 5.74) is 0. The number of ether oxygens (including phenoxy) is 2. The van der Waals surface area contributed by atoms with Crippen molar-refractivity contribution in [1.82, 2.24) is 15.1 Å². The first-order chi connectivity index (χ1) is 9.15. The molecule has 1 aliphatic rings. The van der Waals surface area contributed by atoms with Crippen molar-refractivity contribution in [2.24, 2.45) is 0 Å². The minimum Gasteiger partial charge on any atom is -0.383 e. The van der Waals surface area contributed by atoms with Crippen LogP contribution in [0.2, 0.25) is 0 Å². The van der Waals surface area contributed by atoms with E-state index in [0.29, 0.717) is 13.2 Å². The van der Waals surface area contributed by atoms with E-state index < -0.39 is 0 Å². The molecule has 0 atom stereocenters. The van der Waals surface area contributed by atoms with Gasteiger partial charge < -0.3 is 24.6 Å². The second-order valence-electron chi connectivity index (χ2n) is 5.06. The first-order valence-corrected chi connectivity index (χ1v) is 6.91. The van der Waals surface area contributed by atoms with Gasteiger partial charge in [-0.25, -0.2) is 4.79 Å². The molecule has 0 aromatic carbocycles. The molecular weight excluding hydrogens is 246 g/mol. The highest BCUT2D eigenvalue weighted by Crippen LogP contribution is 2.14. The highest BCUT2D eigenvalue weighted by atomic mass is 16.5. The van der Waals surface area contributed by atoms with Crippen LogP contribution in [0.4, 0.5) is 4.79 Å². The third-order valence-electron chi connectivity index (χ3n) is 3.26. The number of amides is 2. The second-order valence-corrected chi connectivity index (χ2v) is 5.06. The van der Waals surface area contributed by atoms with Crippen LogP contribution in [-0.2, 0) is 9.47 Å². The van der Waals surface area contributed by atoms with Crippen LogP contribution in [0.25, 0.3) is 0 Å². The molecule has 6 nitrogen and oxygen atoms in total. The summed E-state index contributed by atoms with van der Waals surface area (Å²) in [7, 11) is 5.67. The second kappa shape index (κ2) is 9.12. The molecule has 0 spiro atoms. The Morgan fingerprint density at radius 3 is 2.58 bits per heavy atom. The van der Waals surface area contributed by atoms with Crippen LogP contribution < -0.4 is 5.32 Å². The number of carbonyl (C=O) groups is 1. The molecule has 0 radical (unpaired) electrons. The first-order valence-electron chi connectivity index (χ1n) is 6.91. The molecule has 6 heteroatoms. The Kier molecular flexibility index (Phi) is 7.78. The minimum atomic E-state index is 0.00537. The molecular formula is C13H27N3O3. The van der Waals surface area contributed by atoms with E-state index in [1.54, 1.807) is 7.11 Å². The number of likely N-dealkylation sites (N-methyl/N-ethyl adjacent to an activating group) is 1. The van der Waals surface area contributed by atoms with Crippen LogP contribution in [0, 0.1) is 0 Å². The average Bonchev–Trinajstić information content (AvgIpc) is 2.40. The Hall–Kier alpha value is -0.850. The number of nitrogens with zero attached hydrogens (tertiary/aromatic N) is 2. The lowest BCUT2D eigenvalue weighted by Gasteiger charge is -2.35. The lowest BCUT2D eigenvalue weighted by Crippen LogP contribution is -2.50. The lowest BCUT2D eigenvalue weighted by atomic mass is 10.1. The number of nitrogens with one attached hydrogen (secondary N) is 1. The van der Waals surface area contributed by atoms with Gasteiger partial charge in [0.15, 0.2) is 0 Å². The first kappa shape index (κ1) is 16.2. The molecule has 1 rings (SSSR count). The van der Waals surface area contributed by atoms with Crippen molar-refractivity contribution >= 4 is 6.03 Å². The zero-order valence-corrected chi connectivity index (χ0v) is 12.4.